The molecule has 0 aliphatic rings. The Balaban J connectivity index is 2.62. The Kier molecular flexibility index (Phi) is 2.52. The first-order valence-corrected chi connectivity index (χ1v) is 5.14. The smallest absolute Gasteiger partial charge is 0.150 e. The molecule has 0 fully saturated rings. The quantitative estimate of drug-likeness (QED) is 0.799. The molecule has 0 radical (unpaired) electrons. The summed E-state index contributed by atoms with van der Waals surface area (Å²) in [6.45, 7) is 0. The van der Waals surface area contributed by atoms with Gasteiger partial charge in [-0.2, -0.15) is 0 Å². The zero-order valence-corrected chi connectivity index (χ0v) is 9.47. The summed E-state index contributed by atoms with van der Waals surface area (Å²) in [6, 6.07) is 7.10. The molecule has 2 aromatic rings. The molecule has 0 saturated heterocycles. The Hall–Kier alpha value is -0.930. The molecule has 2 rings (SSSR count). The van der Waals surface area contributed by atoms with Crippen molar-refractivity contribution in [2.45, 2.75) is 0 Å². The van der Waals surface area contributed by atoms with Crippen LogP contribution in [0.3, 0.4) is 0 Å². The van der Waals surface area contributed by atoms with E-state index in [0.29, 0.717) is 16.5 Å². The molecule has 0 unspecified atom stereocenters. The van der Waals surface area contributed by atoms with Gasteiger partial charge in [-0.1, -0.05) is 11.6 Å². The minimum absolute atomic E-state index is 0.637. The minimum atomic E-state index is 0.637. The third kappa shape index (κ3) is 1.65. The SMILES string of the molecule is Nc1ccc(Cl)cc1-c1occc1Br. The number of hydrogen-bond acceptors (Lipinski definition) is 2. The van der Waals surface area contributed by atoms with Gasteiger partial charge in [0.25, 0.3) is 0 Å². The lowest BCUT2D eigenvalue weighted by molar-refractivity contribution is 0.581. The molecular weight excluding hydrogens is 265 g/mol. The highest BCUT2D eigenvalue weighted by Gasteiger charge is 2.10. The van der Waals surface area contributed by atoms with E-state index in [1.54, 1.807) is 24.5 Å². The summed E-state index contributed by atoms with van der Waals surface area (Å²) < 4.78 is 6.17. The first kappa shape index (κ1) is 9.62. The van der Waals surface area contributed by atoms with Gasteiger partial charge in [-0.25, -0.2) is 0 Å². The van der Waals surface area contributed by atoms with Crippen LogP contribution in [0.2, 0.25) is 5.02 Å². The fraction of sp³-hybridized carbons (Fsp3) is 0. The molecule has 0 amide bonds. The molecular formula is C10H7BrClNO. The lowest BCUT2D eigenvalue weighted by Gasteiger charge is -2.03. The number of furan rings is 1. The summed E-state index contributed by atoms with van der Waals surface area (Å²) >= 11 is 9.24. The van der Waals surface area contributed by atoms with Gasteiger partial charge in [0.2, 0.25) is 0 Å². The molecule has 14 heavy (non-hydrogen) atoms. The standard InChI is InChI=1S/C10H7BrClNO/c11-8-3-4-14-10(8)7-5-6(12)1-2-9(7)13/h1-5H,13H2. The van der Waals surface area contributed by atoms with E-state index in [9.17, 15) is 0 Å². The highest BCUT2D eigenvalue weighted by atomic mass is 79.9. The van der Waals surface area contributed by atoms with Crippen molar-refractivity contribution in [2.75, 3.05) is 5.73 Å². The summed E-state index contributed by atoms with van der Waals surface area (Å²) in [5.41, 5.74) is 7.25. The maximum Gasteiger partial charge on any atom is 0.150 e. The van der Waals surface area contributed by atoms with Gasteiger partial charge in [-0.05, 0) is 40.2 Å². The zero-order chi connectivity index (χ0) is 10.1. The van der Waals surface area contributed by atoms with Gasteiger partial charge < -0.3 is 10.2 Å². The minimum Gasteiger partial charge on any atom is -0.463 e. The van der Waals surface area contributed by atoms with Crippen LogP contribution in [0.1, 0.15) is 0 Å². The Labute approximate surface area is 94.8 Å². The first-order chi connectivity index (χ1) is 6.68. The van der Waals surface area contributed by atoms with Crippen LogP contribution in [0.4, 0.5) is 5.69 Å². The van der Waals surface area contributed by atoms with E-state index in [4.69, 9.17) is 21.8 Å². The molecule has 1 aromatic heterocycles. The van der Waals surface area contributed by atoms with Crippen molar-refractivity contribution < 1.29 is 4.42 Å². The summed E-state index contributed by atoms with van der Waals surface area (Å²) in [7, 11) is 0. The van der Waals surface area contributed by atoms with E-state index in [0.717, 1.165) is 10.0 Å². The largest absolute Gasteiger partial charge is 0.463 e. The fourth-order valence-electron chi connectivity index (χ4n) is 1.21. The van der Waals surface area contributed by atoms with Gasteiger partial charge in [0.05, 0.1) is 10.7 Å². The zero-order valence-electron chi connectivity index (χ0n) is 7.13. The Morgan fingerprint density at radius 1 is 1.29 bits per heavy atom. The molecule has 0 aliphatic heterocycles. The van der Waals surface area contributed by atoms with Crippen molar-refractivity contribution in [1.29, 1.82) is 0 Å². The topological polar surface area (TPSA) is 39.2 Å². The molecule has 0 saturated carbocycles. The molecule has 2 nitrogen and oxygen atoms in total. The van der Waals surface area contributed by atoms with Crippen LogP contribution in [-0.4, -0.2) is 0 Å². The fourth-order valence-corrected chi connectivity index (χ4v) is 1.80. The van der Waals surface area contributed by atoms with Crippen LogP contribution in [-0.2, 0) is 0 Å². The van der Waals surface area contributed by atoms with E-state index < -0.39 is 0 Å². The Morgan fingerprint density at radius 3 is 2.71 bits per heavy atom. The molecule has 0 spiro atoms. The van der Waals surface area contributed by atoms with Crippen molar-refractivity contribution in [3.8, 4) is 11.3 Å². The molecule has 0 atom stereocenters. The van der Waals surface area contributed by atoms with Crippen molar-refractivity contribution in [2.24, 2.45) is 0 Å². The van der Waals surface area contributed by atoms with E-state index >= 15 is 0 Å². The number of hydrogen-bond donors (Lipinski definition) is 1. The van der Waals surface area contributed by atoms with Crippen LogP contribution in [0.25, 0.3) is 11.3 Å². The number of rotatable bonds is 1. The molecule has 1 heterocycles. The van der Waals surface area contributed by atoms with Crippen molar-refractivity contribution >= 4 is 33.2 Å². The molecule has 0 aliphatic carbocycles. The van der Waals surface area contributed by atoms with Gasteiger partial charge in [-0.15, -0.1) is 0 Å². The van der Waals surface area contributed by atoms with Crippen molar-refractivity contribution in [3.05, 3.63) is 40.0 Å². The van der Waals surface area contributed by atoms with Crippen LogP contribution in [0.5, 0.6) is 0 Å². The average molecular weight is 273 g/mol. The second-order valence-corrected chi connectivity index (χ2v) is 4.12. The van der Waals surface area contributed by atoms with Crippen LogP contribution in [0, 0.1) is 0 Å². The summed E-state index contributed by atoms with van der Waals surface area (Å²) in [6.07, 6.45) is 1.60. The third-order valence-corrected chi connectivity index (χ3v) is 2.74. The van der Waals surface area contributed by atoms with E-state index in [1.807, 2.05) is 6.07 Å². The van der Waals surface area contributed by atoms with Gasteiger partial charge in [-0.3, -0.25) is 0 Å². The van der Waals surface area contributed by atoms with Crippen LogP contribution >= 0.6 is 27.5 Å². The summed E-state index contributed by atoms with van der Waals surface area (Å²) in [4.78, 5) is 0. The second kappa shape index (κ2) is 3.67. The number of benzene rings is 1. The lowest BCUT2D eigenvalue weighted by atomic mass is 10.1. The van der Waals surface area contributed by atoms with E-state index in [1.165, 1.54) is 0 Å². The summed E-state index contributed by atoms with van der Waals surface area (Å²) in [5, 5.41) is 0.637. The van der Waals surface area contributed by atoms with E-state index in [-0.39, 0.29) is 0 Å². The van der Waals surface area contributed by atoms with Gasteiger partial charge >= 0.3 is 0 Å². The number of nitrogens with two attached hydrogens (primary N) is 1. The Bertz CT molecular complexity index is 467. The van der Waals surface area contributed by atoms with Crippen LogP contribution < -0.4 is 5.73 Å². The maximum atomic E-state index is 5.87. The predicted molar refractivity (Wildman–Crippen MR) is 61.3 cm³/mol. The average Bonchev–Trinajstić information content (AvgIpc) is 2.56. The number of anilines is 1. The van der Waals surface area contributed by atoms with E-state index in [2.05, 4.69) is 15.9 Å². The van der Waals surface area contributed by atoms with Crippen molar-refractivity contribution in [1.82, 2.24) is 0 Å². The molecule has 0 bridgehead atoms. The van der Waals surface area contributed by atoms with Gasteiger partial charge in [0.1, 0.15) is 5.76 Å². The molecule has 72 valence electrons. The third-order valence-electron chi connectivity index (χ3n) is 1.88. The van der Waals surface area contributed by atoms with Crippen LogP contribution in [0.15, 0.2) is 39.4 Å². The monoisotopic (exact) mass is 271 g/mol. The highest BCUT2D eigenvalue weighted by molar-refractivity contribution is 9.10. The van der Waals surface area contributed by atoms with Crippen molar-refractivity contribution in [3.63, 3.8) is 0 Å². The first-order valence-electron chi connectivity index (χ1n) is 3.97. The predicted octanol–water partition coefficient (Wildman–Crippen LogP) is 3.94. The molecule has 1 aromatic carbocycles. The maximum absolute atomic E-state index is 5.87. The molecule has 4 heteroatoms. The van der Waals surface area contributed by atoms with Gasteiger partial charge in [0.15, 0.2) is 0 Å². The summed E-state index contributed by atoms with van der Waals surface area (Å²) in [5.74, 6) is 0.699. The lowest BCUT2D eigenvalue weighted by Crippen LogP contribution is -1.88. The Morgan fingerprint density at radius 2 is 2.07 bits per heavy atom. The number of halogens is 2. The second-order valence-electron chi connectivity index (χ2n) is 2.83. The normalized spacial score (nSPS) is 10.4. The van der Waals surface area contributed by atoms with Gasteiger partial charge in [0, 0.05) is 16.3 Å². The molecule has 2 N–H and O–H groups in total. The highest BCUT2D eigenvalue weighted by Crippen LogP contribution is 2.34. The number of nitrogen functional groups attached to an aromatic ring is 1.